The topological polar surface area (TPSA) is 110 Å². The van der Waals surface area contributed by atoms with Gasteiger partial charge in [0.15, 0.2) is 17.3 Å². The highest BCUT2D eigenvalue weighted by atomic mass is 19.2. The fourth-order valence-electron chi connectivity index (χ4n) is 6.90. The zero-order chi connectivity index (χ0) is 28.8. The van der Waals surface area contributed by atoms with E-state index in [2.05, 4.69) is 19.9 Å². The number of likely N-dealkylation sites (tertiary alicyclic amines) is 1. The average molecular weight is 578 g/mol. The number of rotatable bonds is 4. The lowest BCUT2D eigenvalue weighted by Gasteiger charge is -2.33. The third-order valence-electron chi connectivity index (χ3n) is 9.11. The number of ether oxygens (including phenoxy) is 1. The van der Waals surface area contributed by atoms with Gasteiger partial charge in [0.2, 0.25) is 0 Å². The maximum absolute atomic E-state index is 14.9. The van der Waals surface area contributed by atoms with Gasteiger partial charge >= 0.3 is 11.7 Å². The number of amides is 2. The molecule has 12 heteroatoms. The Hall–Kier alpha value is -4.06. The Morgan fingerprint density at radius 3 is 2.69 bits per heavy atom. The van der Waals surface area contributed by atoms with E-state index in [9.17, 15) is 18.4 Å². The van der Waals surface area contributed by atoms with E-state index in [1.165, 1.54) is 0 Å². The van der Waals surface area contributed by atoms with Gasteiger partial charge in [0.25, 0.3) is 0 Å². The maximum atomic E-state index is 14.9. The second-order valence-electron chi connectivity index (χ2n) is 11.5. The molecule has 1 unspecified atom stereocenters. The number of pyridine rings is 1. The van der Waals surface area contributed by atoms with Gasteiger partial charge in [-0.1, -0.05) is 12.1 Å². The fourth-order valence-corrected chi connectivity index (χ4v) is 6.90. The molecule has 4 aromatic rings. The van der Waals surface area contributed by atoms with Gasteiger partial charge in [-0.2, -0.15) is 0 Å². The molecule has 220 valence electrons. The van der Waals surface area contributed by atoms with Crippen LogP contribution in [0.3, 0.4) is 0 Å². The Morgan fingerprint density at radius 1 is 1.02 bits per heavy atom. The molecule has 3 aromatic heterocycles. The first-order valence-corrected chi connectivity index (χ1v) is 14.7. The molecule has 42 heavy (non-hydrogen) atoms. The number of nitrogens with zero attached hydrogens (tertiary/aromatic N) is 5. The highest BCUT2D eigenvalue weighted by molar-refractivity contribution is 5.75. The molecule has 0 bridgehead atoms. The summed E-state index contributed by atoms with van der Waals surface area (Å²) in [6, 6.07) is 7.41. The predicted molar refractivity (Wildman–Crippen MR) is 150 cm³/mol. The molecule has 3 aliphatic rings. The highest BCUT2D eigenvalue weighted by Gasteiger charge is 2.34. The summed E-state index contributed by atoms with van der Waals surface area (Å²) in [6.45, 7) is 2.71. The number of hydrogen-bond acceptors (Lipinski definition) is 5. The molecule has 6 heterocycles. The molecule has 0 aliphatic carbocycles. The number of carbonyl (C=O) groups is 1. The van der Waals surface area contributed by atoms with Crippen LogP contribution in [0, 0.1) is 11.6 Å². The van der Waals surface area contributed by atoms with E-state index >= 15 is 0 Å². The van der Waals surface area contributed by atoms with E-state index in [0.29, 0.717) is 69.7 Å². The number of urea groups is 1. The van der Waals surface area contributed by atoms with E-state index in [0.717, 1.165) is 29.5 Å². The number of aromatic amines is 1. The largest absolute Gasteiger partial charge is 0.381 e. The zero-order valence-corrected chi connectivity index (χ0v) is 23.1. The maximum Gasteiger partial charge on any atom is 0.327 e. The third-order valence-corrected chi connectivity index (χ3v) is 9.11. The van der Waals surface area contributed by atoms with Crippen molar-refractivity contribution >= 4 is 17.2 Å². The average Bonchev–Trinajstić information content (AvgIpc) is 3.72. The first-order chi connectivity index (χ1) is 20.5. The number of aromatic nitrogens is 5. The van der Waals surface area contributed by atoms with Crippen molar-refractivity contribution in [1.82, 2.24) is 34.3 Å². The number of carbonyl (C=O) groups excluding carboxylic acids is 1. The van der Waals surface area contributed by atoms with Crippen molar-refractivity contribution in [3.8, 4) is 0 Å². The van der Waals surface area contributed by atoms with Crippen LogP contribution >= 0.6 is 0 Å². The summed E-state index contributed by atoms with van der Waals surface area (Å²) in [6.07, 6.45) is 6.74. The smallest absolute Gasteiger partial charge is 0.327 e. The zero-order valence-electron chi connectivity index (χ0n) is 23.1. The number of imidazole rings is 2. The van der Waals surface area contributed by atoms with Crippen LogP contribution in [0.1, 0.15) is 73.1 Å². The van der Waals surface area contributed by atoms with Crippen LogP contribution in [0.15, 0.2) is 47.5 Å². The fraction of sp³-hybridized carbons (Fsp3) is 0.467. The molecule has 2 fully saturated rings. The van der Waals surface area contributed by atoms with Crippen LogP contribution in [0.4, 0.5) is 13.6 Å². The van der Waals surface area contributed by atoms with Crippen molar-refractivity contribution in [3.05, 3.63) is 81.9 Å². The van der Waals surface area contributed by atoms with Gasteiger partial charge in [-0.15, -0.1) is 0 Å². The van der Waals surface area contributed by atoms with Gasteiger partial charge in [0.1, 0.15) is 5.82 Å². The van der Waals surface area contributed by atoms with Crippen LogP contribution in [-0.4, -0.2) is 61.3 Å². The minimum Gasteiger partial charge on any atom is -0.381 e. The number of halogens is 2. The molecule has 3 atom stereocenters. The predicted octanol–water partition coefficient (Wildman–Crippen LogP) is 4.37. The molecule has 1 aromatic carbocycles. The minimum atomic E-state index is -0.855. The summed E-state index contributed by atoms with van der Waals surface area (Å²) in [4.78, 5) is 39.8. The van der Waals surface area contributed by atoms with Crippen molar-refractivity contribution in [1.29, 1.82) is 0 Å². The van der Waals surface area contributed by atoms with E-state index < -0.39 is 11.6 Å². The number of nitrogens with one attached hydrogen (secondary N) is 2. The SMILES string of the molecule is O=C(N[C@@H]1CC[C@@H](c2cccc(F)c2F)Cn2c(C3CCOC3)cnc21)N1CCC(n2c(=O)[nH]c3ncccc32)CC1. The molecule has 7 rings (SSSR count). The van der Waals surface area contributed by atoms with E-state index in [4.69, 9.17) is 9.72 Å². The van der Waals surface area contributed by atoms with Crippen molar-refractivity contribution in [3.63, 3.8) is 0 Å². The summed E-state index contributed by atoms with van der Waals surface area (Å²) >= 11 is 0. The van der Waals surface area contributed by atoms with Gasteiger partial charge in [-0.05, 0) is 55.9 Å². The molecule has 2 saturated heterocycles. The van der Waals surface area contributed by atoms with Crippen molar-refractivity contribution in [2.24, 2.45) is 0 Å². The van der Waals surface area contributed by atoms with Gasteiger partial charge < -0.3 is 19.5 Å². The van der Waals surface area contributed by atoms with Crippen LogP contribution in [0.2, 0.25) is 0 Å². The van der Waals surface area contributed by atoms with E-state index in [1.807, 2.05) is 18.3 Å². The van der Waals surface area contributed by atoms with Crippen LogP contribution in [0.5, 0.6) is 0 Å². The first kappa shape index (κ1) is 26.8. The quantitative estimate of drug-likeness (QED) is 0.375. The normalized spacial score (nSPS) is 23.2. The Bertz CT molecular complexity index is 1670. The molecule has 0 saturated carbocycles. The lowest BCUT2D eigenvalue weighted by molar-refractivity contribution is 0.167. The number of H-pyrrole nitrogens is 1. The van der Waals surface area contributed by atoms with Crippen LogP contribution in [0.25, 0.3) is 11.2 Å². The second-order valence-corrected chi connectivity index (χ2v) is 11.5. The van der Waals surface area contributed by atoms with Crippen LogP contribution in [-0.2, 0) is 11.3 Å². The molecular formula is C30H33F2N7O3. The summed E-state index contributed by atoms with van der Waals surface area (Å²) in [5.74, 6) is -1.04. The molecule has 2 amide bonds. The lowest BCUT2D eigenvalue weighted by atomic mass is 9.92. The van der Waals surface area contributed by atoms with Crippen molar-refractivity contribution in [2.45, 2.75) is 62.6 Å². The number of piperidine rings is 1. The monoisotopic (exact) mass is 577 g/mol. The third kappa shape index (κ3) is 4.77. The summed E-state index contributed by atoms with van der Waals surface area (Å²) in [5, 5.41) is 3.20. The van der Waals surface area contributed by atoms with Gasteiger partial charge in [-0.25, -0.2) is 28.3 Å². The summed E-state index contributed by atoms with van der Waals surface area (Å²) in [5.41, 5.74) is 2.49. The Morgan fingerprint density at radius 2 is 1.88 bits per heavy atom. The minimum absolute atomic E-state index is 0.0330. The van der Waals surface area contributed by atoms with Crippen molar-refractivity contribution in [2.75, 3.05) is 26.3 Å². The number of fused-ring (bicyclic) bond motifs is 2. The Kier molecular flexibility index (Phi) is 7.01. The molecular weight excluding hydrogens is 544 g/mol. The van der Waals surface area contributed by atoms with Gasteiger partial charge in [0.05, 0.1) is 18.2 Å². The van der Waals surface area contributed by atoms with E-state index in [1.54, 1.807) is 27.8 Å². The van der Waals surface area contributed by atoms with Gasteiger partial charge in [-0.3, -0.25) is 9.55 Å². The van der Waals surface area contributed by atoms with E-state index in [-0.39, 0.29) is 35.6 Å². The van der Waals surface area contributed by atoms with Crippen LogP contribution < -0.4 is 11.0 Å². The summed E-state index contributed by atoms with van der Waals surface area (Å²) in [7, 11) is 0. The lowest BCUT2D eigenvalue weighted by Crippen LogP contribution is -2.46. The molecule has 0 radical (unpaired) electrons. The standard InChI is InChI=1S/C30H33F2N7O3/c31-22-4-1-3-21(26(22)32)18-6-7-23(28-34-15-25(38(28)16-18)19-10-14-42-17-19)35-29(40)37-12-8-20(9-13-37)39-24-5-2-11-33-27(24)36-30(39)41/h1-5,11,15,18-20,23H,6-10,12-14,16-17H2,(H,35,40)(H,33,36,41)/t18-,19?,23-/m1/s1. The Labute approximate surface area is 240 Å². The number of hydrogen-bond donors (Lipinski definition) is 2. The first-order valence-electron chi connectivity index (χ1n) is 14.7. The molecule has 3 aliphatic heterocycles. The summed E-state index contributed by atoms with van der Waals surface area (Å²) < 4.78 is 38.5. The molecule has 2 N–H and O–H groups in total. The number of benzene rings is 1. The molecule has 10 nitrogen and oxygen atoms in total. The van der Waals surface area contributed by atoms with Gasteiger partial charge in [0, 0.05) is 62.2 Å². The molecule has 0 spiro atoms. The highest BCUT2D eigenvalue weighted by Crippen LogP contribution is 2.38. The second kappa shape index (κ2) is 11.0. The Balaban J connectivity index is 1.10. The van der Waals surface area contributed by atoms with Crippen molar-refractivity contribution < 1.29 is 18.3 Å².